The molecule has 4 rings (SSSR count). The highest BCUT2D eigenvalue weighted by atomic mass is 16.7. The van der Waals surface area contributed by atoms with Crippen molar-refractivity contribution in [1.82, 2.24) is 0 Å². The molecule has 5 atom stereocenters. The van der Waals surface area contributed by atoms with E-state index in [0.717, 1.165) is 5.56 Å². The summed E-state index contributed by atoms with van der Waals surface area (Å²) in [6, 6.07) is 18.1. The molecule has 2 aromatic carbocycles. The van der Waals surface area contributed by atoms with Gasteiger partial charge in [0, 0.05) is 12.5 Å². The van der Waals surface area contributed by atoms with E-state index in [1.807, 2.05) is 36.4 Å². The number of ether oxygens (including phenoxy) is 5. The second-order valence-electron chi connectivity index (χ2n) is 6.93. The molecule has 1 unspecified atom stereocenters. The van der Waals surface area contributed by atoms with E-state index in [1.54, 1.807) is 24.3 Å². The third-order valence-corrected chi connectivity index (χ3v) is 4.87. The smallest absolute Gasteiger partial charge is 0.338 e. The fourth-order valence-electron chi connectivity index (χ4n) is 3.51. The van der Waals surface area contributed by atoms with E-state index in [4.69, 9.17) is 23.7 Å². The Hall–Kier alpha value is -2.74. The summed E-state index contributed by atoms with van der Waals surface area (Å²) >= 11 is 0. The van der Waals surface area contributed by atoms with Gasteiger partial charge in [-0.1, -0.05) is 48.5 Å². The zero-order valence-corrected chi connectivity index (χ0v) is 15.9. The highest BCUT2D eigenvalue weighted by molar-refractivity contribution is 5.89. The van der Waals surface area contributed by atoms with E-state index in [-0.39, 0.29) is 13.2 Å². The summed E-state index contributed by atoms with van der Waals surface area (Å²) in [5.74, 6) is -0.996. The fraction of sp³-hybridized carbons (Fsp3) is 0.364. The Morgan fingerprint density at radius 1 is 0.897 bits per heavy atom. The van der Waals surface area contributed by atoms with Gasteiger partial charge in [-0.15, -0.1) is 0 Å². The first-order valence-corrected chi connectivity index (χ1v) is 9.48. The summed E-state index contributed by atoms with van der Waals surface area (Å²) in [5.41, 5.74) is 1.25. The van der Waals surface area contributed by atoms with Crippen LogP contribution in [0.1, 0.15) is 29.1 Å². The molecule has 0 bridgehead atoms. The fourth-order valence-corrected chi connectivity index (χ4v) is 3.51. The maximum Gasteiger partial charge on any atom is 0.338 e. The molecule has 2 aliphatic heterocycles. The lowest BCUT2D eigenvalue weighted by molar-refractivity contribution is -0.314. The molecule has 0 saturated carbocycles. The van der Waals surface area contributed by atoms with Crippen molar-refractivity contribution in [3.63, 3.8) is 0 Å². The summed E-state index contributed by atoms with van der Waals surface area (Å²) in [6.45, 7) is 1.67. The van der Waals surface area contributed by atoms with Gasteiger partial charge >= 0.3 is 11.9 Å². The topological polar surface area (TPSA) is 80.3 Å². The van der Waals surface area contributed by atoms with E-state index in [1.165, 1.54) is 6.92 Å². The first kappa shape index (κ1) is 19.6. The largest absolute Gasteiger partial charge is 0.456 e. The number of fused-ring (bicyclic) bond motifs is 1. The van der Waals surface area contributed by atoms with E-state index >= 15 is 0 Å². The van der Waals surface area contributed by atoms with E-state index < -0.39 is 42.6 Å². The Morgan fingerprint density at radius 3 is 2.28 bits per heavy atom. The Bertz CT molecular complexity index is 839. The zero-order valence-electron chi connectivity index (χ0n) is 15.9. The molecule has 0 aromatic heterocycles. The van der Waals surface area contributed by atoms with Crippen LogP contribution in [0.25, 0.3) is 0 Å². The first-order chi connectivity index (χ1) is 14.1. The average Bonchev–Trinajstić information content (AvgIpc) is 2.76. The monoisotopic (exact) mass is 398 g/mol. The summed E-state index contributed by atoms with van der Waals surface area (Å²) in [5, 5.41) is 0. The normalized spacial score (nSPS) is 28.8. The lowest BCUT2D eigenvalue weighted by atomic mass is 9.98. The Kier molecular flexibility index (Phi) is 5.89. The van der Waals surface area contributed by atoms with Gasteiger partial charge < -0.3 is 23.7 Å². The maximum absolute atomic E-state index is 12.7. The van der Waals surface area contributed by atoms with Crippen molar-refractivity contribution in [2.45, 2.75) is 37.6 Å². The van der Waals surface area contributed by atoms with Crippen molar-refractivity contribution < 1.29 is 33.3 Å². The average molecular weight is 398 g/mol. The SMILES string of the molecule is CC(=O)O[C@H]1CO[C@@H]2COC(c3ccccc3)O[C@H]2[C@H]1OC(=O)c1ccccc1. The van der Waals surface area contributed by atoms with Crippen molar-refractivity contribution in [2.24, 2.45) is 0 Å². The Morgan fingerprint density at radius 2 is 1.59 bits per heavy atom. The molecule has 7 nitrogen and oxygen atoms in total. The van der Waals surface area contributed by atoms with Crippen molar-refractivity contribution in [3.05, 3.63) is 71.8 Å². The van der Waals surface area contributed by atoms with Gasteiger partial charge in [-0.05, 0) is 12.1 Å². The van der Waals surface area contributed by atoms with Crippen molar-refractivity contribution in [2.75, 3.05) is 13.2 Å². The summed E-state index contributed by atoms with van der Waals surface area (Å²) in [4.78, 5) is 24.3. The highest BCUT2D eigenvalue weighted by Gasteiger charge is 2.49. The van der Waals surface area contributed by atoms with Crippen LogP contribution in [0.5, 0.6) is 0 Å². The summed E-state index contributed by atoms with van der Waals surface area (Å²) in [7, 11) is 0. The molecule has 7 heteroatoms. The van der Waals surface area contributed by atoms with Crippen LogP contribution in [0.4, 0.5) is 0 Å². The van der Waals surface area contributed by atoms with Crippen LogP contribution in [0.2, 0.25) is 0 Å². The van der Waals surface area contributed by atoms with Gasteiger partial charge in [-0.25, -0.2) is 4.79 Å². The maximum atomic E-state index is 12.7. The van der Waals surface area contributed by atoms with Crippen LogP contribution < -0.4 is 0 Å². The lowest BCUT2D eigenvalue weighted by Crippen LogP contribution is -2.60. The molecular formula is C22H22O7. The van der Waals surface area contributed by atoms with Gasteiger partial charge in [-0.3, -0.25) is 4.79 Å². The number of esters is 2. The van der Waals surface area contributed by atoms with Crippen molar-refractivity contribution in [3.8, 4) is 0 Å². The van der Waals surface area contributed by atoms with Crippen LogP contribution in [0.3, 0.4) is 0 Å². The van der Waals surface area contributed by atoms with E-state index in [9.17, 15) is 9.59 Å². The molecular weight excluding hydrogens is 376 g/mol. The molecule has 0 N–H and O–H groups in total. The number of carbonyl (C=O) groups excluding carboxylic acids is 2. The molecule has 2 fully saturated rings. The first-order valence-electron chi connectivity index (χ1n) is 9.48. The van der Waals surface area contributed by atoms with E-state index in [0.29, 0.717) is 5.56 Å². The van der Waals surface area contributed by atoms with Crippen LogP contribution >= 0.6 is 0 Å². The number of hydrogen-bond donors (Lipinski definition) is 0. The Labute approximate surface area is 168 Å². The highest BCUT2D eigenvalue weighted by Crippen LogP contribution is 2.34. The molecule has 2 heterocycles. The summed E-state index contributed by atoms with van der Waals surface area (Å²) in [6.07, 6.45) is -3.29. The van der Waals surface area contributed by atoms with E-state index in [2.05, 4.69) is 0 Å². The second kappa shape index (κ2) is 8.73. The van der Waals surface area contributed by atoms with Crippen molar-refractivity contribution >= 4 is 11.9 Å². The molecule has 0 amide bonds. The minimum Gasteiger partial charge on any atom is -0.456 e. The molecule has 0 aliphatic carbocycles. The number of rotatable bonds is 4. The predicted molar refractivity (Wildman–Crippen MR) is 101 cm³/mol. The molecule has 29 heavy (non-hydrogen) atoms. The van der Waals surface area contributed by atoms with Gasteiger partial charge in [0.15, 0.2) is 18.5 Å². The van der Waals surface area contributed by atoms with Gasteiger partial charge in [0.2, 0.25) is 0 Å². The zero-order chi connectivity index (χ0) is 20.2. The molecule has 152 valence electrons. The third kappa shape index (κ3) is 4.48. The summed E-state index contributed by atoms with van der Waals surface area (Å²) < 4.78 is 28.8. The molecule has 2 saturated heterocycles. The number of hydrogen-bond acceptors (Lipinski definition) is 7. The molecule has 2 aliphatic rings. The molecule has 0 spiro atoms. The van der Waals surface area contributed by atoms with Crippen LogP contribution in [0.15, 0.2) is 60.7 Å². The van der Waals surface area contributed by atoms with Crippen molar-refractivity contribution in [1.29, 1.82) is 0 Å². The van der Waals surface area contributed by atoms with Gasteiger partial charge in [-0.2, -0.15) is 0 Å². The second-order valence-corrected chi connectivity index (χ2v) is 6.93. The van der Waals surface area contributed by atoms with Gasteiger partial charge in [0.1, 0.15) is 12.2 Å². The predicted octanol–water partition coefficient (Wildman–Crippen LogP) is 2.66. The molecule has 0 radical (unpaired) electrons. The van der Waals surface area contributed by atoms with Gasteiger partial charge in [0.05, 0.1) is 18.8 Å². The quantitative estimate of drug-likeness (QED) is 0.733. The lowest BCUT2D eigenvalue weighted by Gasteiger charge is -2.45. The minimum atomic E-state index is -0.819. The standard InChI is InChI=1S/C22H22O7/c1-14(23)27-18-13-25-17-12-26-22(16-10-6-3-7-11-16)29-19(17)20(18)28-21(24)15-8-4-2-5-9-15/h2-11,17-20,22H,12-13H2,1H3/t17-,18+,19-,20+,22?/m1/s1. The Balaban J connectivity index is 1.57. The molecule has 2 aromatic rings. The number of carbonyl (C=O) groups is 2. The van der Waals surface area contributed by atoms with Crippen LogP contribution in [-0.2, 0) is 28.5 Å². The minimum absolute atomic E-state index is 0.0935. The third-order valence-electron chi connectivity index (χ3n) is 4.87. The van der Waals surface area contributed by atoms with Crippen LogP contribution in [0, 0.1) is 0 Å². The number of benzene rings is 2. The van der Waals surface area contributed by atoms with Gasteiger partial charge in [0.25, 0.3) is 0 Å². The van der Waals surface area contributed by atoms with Crippen LogP contribution in [-0.4, -0.2) is 49.6 Å².